The quantitative estimate of drug-likeness (QED) is 0.777. The molecule has 2 aromatic rings. The van der Waals surface area contributed by atoms with E-state index in [2.05, 4.69) is 0 Å². The number of hydrogen-bond acceptors (Lipinski definition) is 3. The standard InChI is InChI=1S/C13H11ClO2S/c1-2-16-13(15)12-11(7-8-17-12)9-3-5-10(14)6-4-9/h3-8H,2H2,1H3. The summed E-state index contributed by atoms with van der Waals surface area (Å²) in [6.45, 7) is 2.18. The summed E-state index contributed by atoms with van der Waals surface area (Å²) < 4.78 is 5.02. The molecule has 0 fully saturated rings. The number of hydrogen-bond donors (Lipinski definition) is 0. The highest BCUT2D eigenvalue weighted by molar-refractivity contribution is 7.12. The monoisotopic (exact) mass is 266 g/mol. The predicted molar refractivity (Wildman–Crippen MR) is 70.7 cm³/mol. The van der Waals surface area contributed by atoms with Crippen molar-refractivity contribution in [2.24, 2.45) is 0 Å². The van der Waals surface area contributed by atoms with Crippen molar-refractivity contribution in [3.05, 3.63) is 45.6 Å². The first-order valence-corrected chi connectivity index (χ1v) is 6.48. The zero-order valence-electron chi connectivity index (χ0n) is 9.27. The van der Waals surface area contributed by atoms with Gasteiger partial charge in [-0.25, -0.2) is 4.79 Å². The van der Waals surface area contributed by atoms with Crippen LogP contribution in [0.5, 0.6) is 0 Å². The van der Waals surface area contributed by atoms with E-state index < -0.39 is 0 Å². The van der Waals surface area contributed by atoms with Gasteiger partial charge in [0.15, 0.2) is 0 Å². The summed E-state index contributed by atoms with van der Waals surface area (Å²) in [4.78, 5) is 12.4. The second-order valence-electron chi connectivity index (χ2n) is 3.39. The summed E-state index contributed by atoms with van der Waals surface area (Å²) in [5.74, 6) is -0.271. The molecule has 0 saturated heterocycles. The van der Waals surface area contributed by atoms with Gasteiger partial charge in [-0.2, -0.15) is 0 Å². The third kappa shape index (κ3) is 2.68. The summed E-state index contributed by atoms with van der Waals surface area (Å²) in [6.07, 6.45) is 0. The molecule has 0 radical (unpaired) electrons. The van der Waals surface area contributed by atoms with Crippen molar-refractivity contribution in [1.29, 1.82) is 0 Å². The van der Waals surface area contributed by atoms with Gasteiger partial charge in [0.05, 0.1) is 6.61 Å². The summed E-state index contributed by atoms with van der Waals surface area (Å²) >= 11 is 7.23. The Kier molecular flexibility index (Phi) is 3.82. The largest absolute Gasteiger partial charge is 0.462 e. The molecule has 4 heteroatoms. The maximum Gasteiger partial charge on any atom is 0.348 e. The zero-order valence-corrected chi connectivity index (χ0v) is 10.8. The summed E-state index contributed by atoms with van der Waals surface area (Å²) in [7, 11) is 0. The second-order valence-corrected chi connectivity index (χ2v) is 4.74. The van der Waals surface area contributed by atoms with Gasteiger partial charge in [0.2, 0.25) is 0 Å². The Balaban J connectivity index is 2.36. The number of thiophene rings is 1. The van der Waals surface area contributed by atoms with Crippen molar-refractivity contribution < 1.29 is 9.53 Å². The van der Waals surface area contributed by atoms with Crippen LogP contribution < -0.4 is 0 Å². The van der Waals surface area contributed by atoms with Crippen LogP contribution in [0.4, 0.5) is 0 Å². The molecule has 0 aliphatic heterocycles. The van der Waals surface area contributed by atoms with Crippen LogP contribution in [-0.4, -0.2) is 12.6 Å². The molecule has 0 aliphatic rings. The molecule has 0 bridgehead atoms. The lowest BCUT2D eigenvalue weighted by Crippen LogP contribution is -2.03. The highest BCUT2D eigenvalue weighted by Crippen LogP contribution is 2.29. The zero-order chi connectivity index (χ0) is 12.3. The molecule has 88 valence electrons. The fraction of sp³-hybridized carbons (Fsp3) is 0.154. The van der Waals surface area contributed by atoms with Crippen LogP contribution in [0, 0.1) is 0 Å². The molecular weight excluding hydrogens is 256 g/mol. The molecule has 0 atom stereocenters. The summed E-state index contributed by atoms with van der Waals surface area (Å²) in [6, 6.07) is 9.33. The number of carbonyl (C=O) groups is 1. The Bertz CT molecular complexity index is 516. The average molecular weight is 267 g/mol. The molecule has 0 amide bonds. The number of rotatable bonds is 3. The minimum Gasteiger partial charge on any atom is -0.462 e. The minimum atomic E-state index is -0.271. The molecule has 17 heavy (non-hydrogen) atoms. The van der Waals surface area contributed by atoms with Crippen molar-refractivity contribution in [3.8, 4) is 11.1 Å². The number of benzene rings is 1. The molecule has 0 N–H and O–H groups in total. The van der Waals surface area contributed by atoms with Gasteiger partial charge in [-0.15, -0.1) is 11.3 Å². The van der Waals surface area contributed by atoms with E-state index in [1.165, 1.54) is 11.3 Å². The van der Waals surface area contributed by atoms with Gasteiger partial charge < -0.3 is 4.74 Å². The number of carbonyl (C=O) groups excluding carboxylic acids is 1. The van der Waals surface area contributed by atoms with Crippen LogP contribution in [0.1, 0.15) is 16.6 Å². The van der Waals surface area contributed by atoms with Gasteiger partial charge in [0.1, 0.15) is 4.88 Å². The van der Waals surface area contributed by atoms with E-state index in [9.17, 15) is 4.79 Å². The normalized spacial score (nSPS) is 10.2. The summed E-state index contributed by atoms with van der Waals surface area (Å²) in [5.41, 5.74) is 1.86. The van der Waals surface area contributed by atoms with E-state index in [0.29, 0.717) is 16.5 Å². The van der Waals surface area contributed by atoms with Crippen molar-refractivity contribution >= 4 is 28.9 Å². The first-order chi connectivity index (χ1) is 8.22. The highest BCUT2D eigenvalue weighted by atomic mass is 35.5. The van der Waals surface area contributed by atoms with Crippen LogP contribution in [0.15, 0.2) is 35.7 Å². The van der Waals surface area contributed by atoms with E-state index >= 15 is 0 Å². The topological polar surface area (TPSA) is 26.3 Å². The van der Waals surface area contributed by atoms with E-state index in [1.807, 2.05) is 35.7 Å². The van der Waals surface area contributed by atoms with Crippen molar-refractivity contribution in [2.45, 2.75) is 6.92 Å². The first-order valence-electron chi connectivity index (χ1n) is 5.23. The molecule has 1 aromatic heterocycles. The van der Waals surface area contributed by atoms with Gasteiger partial charge in [0, 0.05) is 10.6 Å². The average Bonchev–Trinajstić information content (AvgIpc) is 2.79. The van der Waals surface area contributed by atoms with Gasteiger partial charge in [0.25, 0.3) is 0 Å². The molecule has 1 aromatic carbocycles. The Morgan fingerprint density at radius 3 is 2.65 bits per heavy atom. The SMILES string of the molecule is CCOC(=O)c1sccc1-c1ccc(Cl)cc1. The Labute approximate surface area is 109 Å². The molecule has 2 nitrogen and oxygen atoms in total. The number of halogens is 1. The molecule has 0 unspecified atom stereocenters. The van der Waals surface area contributed by atoms with E-state index in [0.717, 1.165) is 11.1 Å². The van der Waals surface area contributed by atoms with Crippen LogP contribution in [0.3, 0.4) is 0 Å². The molecule has 0 saturated carbocycles. The fourth-order valence-corrected chi connectivity index (χ4v) is 2.45. The number of esters is 1. The number of ether oxygens (including phenoxy) is 1. The van der Waals surface area contributed by atoms with E-state index in [4.69, 9.17) is 16.3 Å². The van der Waals surface area contributed by atoms with Crippen LogP contribution >= 0.6 is 22.9 Å². The second kappa shape index (κ2) is 5.34. The van der Waals surface area contributed by atoms with Crippen molar-refractivity contribution in [2.75, 3.05) is 6.61 Å². The molecule has 1 heterocycles. The molecule has 0 aliphatic carbocycles. The minimum absolute atomic E-state index is 0.271. The van der Waals surface area contributed by atoms with Crippen LogP contribution in [-0.2, 0) is 4.74 Å². The van der Waals surface area contributed by atoms with Crippen LogP contribution in [0.25, 0.3) is 11.1 Å². The fourth-order valence-electron chi connectivity index (χ4n) is 1.52. The highest BCUT2D eigenvalue weighted by Gasteiger charge is 2.15. The first kappa shape index (κ1) is 12.1. The Morgan fingerprint density at radius 2 is 2.00 bits per heavy atom. The molecular formula is C13H11ClO2S. The predicted octanol–water partition coefficient (Wildman–Crippen LogP) is 4.25. The van der Waals surface area contributed by atoms with E-state index in [1.54, 1.807) is 6.92 Å². The Morgan fingerprint density at radius 1 is 1.29 bits per heavy atom. The maximum atomic E-state index is 11.7. The third-order valence-corrected chi connectivity index (χ3v) is 3.43. The van der Waals surface area contributed by atoms with Gasteiger partial charge >= 0.3 is 5.97 Å². The maximum absolute atomic E-state index is 11.7. The summed E-state index contributed by atoms with van der Waals surface area (Å²) in [5, 5.41) is 2.57. The lowest BCUT2D eigenvalue weighted by molar-refractivity contribution is 0.0533. The van der Waals surface area contributed by atoms with E-state index in [-0.39, 0.29) is 5.97 Å². The smallest absolute Gasteiger partial charge is 0.348 e. The molecule has 0 spiro atoms. The van der Waals surface area contributed by atoms with Crippen molar-refractivity contribution in [3.63, 3.8) is 0 Å². The lowest BCUT2D eigenvalue weighted by Gasteiger charge is -2.03. The Hall–Kier alpha value is -1.32. The van der Waals surface area contributed by atoms with Gasteiger partial charge in [-0.3, -0.25) is 0 Å². The van der Waals surface area contributed by atoms with Gasteiger partial charge in [-0.05, 0) is 36.1 Å². The van der Waals surface area contributed by atoms with Gasteiger partial charge in [-0.1, -0.05) is 23.7 Å². The molecule has 2 rings (SSSR count). The third-order valence-electron chi connectivity index (χ3n) is 2.28. The van der Waals surface area contributed by atoms with Crippen molar-refractivity contribution in [1.82, 2.24) is 0 Å². The lowest BCUT2D eigenvalue weighted by atomic mass is 10.1. The van der Waals surface area contributed by atoms with Crippen LogP contribution in [0.2, 0.25) is 5.02 Å².